The highest BCUT2D eigenvalue weighted by atomic mass is 32.2. The van der Waals surface area contributed by atoms with Crippen molar-refractivity contribution in [2.24, 2.45) is 0 Å². The molecule has 0 aliphatic carbocycles. The van der Waals surface area contributed by atoms with Crippen molar-refractivity contribution in [1.29, 1.82) is 0 Å². The molecule has 0 atom stereocenters. The van der Waals surface area contributed by atoms with E-state index in [1.807, 2.05) is 0 Å². The topological polar surface area (TPSA) is 107 Å². The van der Waals surface area contributed by atoms with Crippen LogP contribution in [0.15, 0.2) is 60.3 Å². The van der Waals surface area contributed by atoms with Gasteiger partial charge in [0, 0.05) is 12.1 Å². The first-order chi connectivity index (χ1) is 16.5. The Morgan fingerprint density at radius 1 is 1.15 bits per heavy atom. The van der Waals surface area contributed by atoms with Crippen LogP contribution in [0.5, 0.6) is 11.5 Å². The molecule has 2 N–H and O–H groups in total. The molecule has 178 valence electrons. The summed E-state index contributed by atoms with van der Waals surface area (Å²) in [5.74, 6) is 0.234. The van der Waals surface area contributed by atoms with Crippen molar-refractivity contribution in [2.45, 2.75) is 18.2 Å². The molecule has 0 unspecified atom stereocenters. The number of thioether (sulfide) groups is 1. The van der Waals surface area contributed by atoms with Crippen LogP contribution in [0.25, 0.3) is 0 Å². The van der Waals surface area contributed by atoms with Crippen LogP contribution in [0, 0.1) is 5.82 Å². The lowest BCUT2D eigenvalue weighted by atomic mass is 10.2. The summed E-state index contributed by atoms with van der Waals surface area (Å²) in [6.07, 6.45) is 1.66. The second kappa shape index (κ2) is 11.8. The number of nitrogens with one attached hydrogen (secondary N) is 2. The zero-order valence-electron chi connectivity index (χ0n) is 18.7. The van der Waals surface area contributed by atoms with Gasteiger partial charge in [-0.25, -0.2) is 4.39 Å². The summed E-state index contributed by atoms with van der Waals surface area (Å²) < 4.78 is 25.9. The average molecular weight is 486 g/mol. The third kappa shape index (κ3) is 6.13. The van der Waals surface area contributed by atoms with E-state index in [0.717, 1.165) is 11.8 Å². The molecule has 0 radical (unpaired) electrons. The first-order valence-corrected chi connectivity index (χ1v) is 11.2. The Kier molecular flexibility index (Phi) is 8.63. The number of carbonyl (C=O) groups is 2. The van der Waals surface area contributed by atoms with Gasteiger partial charge in [0.25, 0.3) is 5.91 Å². The van der Waals surface area contributed by atoms with E-state index in [-0.39, 0.29) is 29.8 Å². The molecule has 0 fully saturated rings. The largest absolute Gasteiger partial charge is 0.493 e. The number of anilines is 1. The molecule has 1 heterocycles. The van der Waals surface area contributed by atoms with Gasteiger partial charge in [-0.15, -0.1) is 16.8 Å². The summed E-state index contributed by atoms with van der Waals surface area (Å²) in [5, 5.41) is 14.0. The number of carbonyl (C=O) groups excluding carboxylic acids is 2. The van der Waals surface area contributed by atoms with Gasteiger partial charge in [-0.1, -0.05) is 30.0 Å². The molecular formula is C23H24FN5O4S. The SMILES string of the molecule is C=CCn1c(CNC(=O)c2ccc(OC)c(OC)c2)nnc1SCC(=O)Nc1ccccc1F. The molecule has 0 spiro atoms. The van der Waals surface area contributed by atoms with Gasteiger partial charge in [0.05, 0.1) is 32.2 Å². The Hall–Kier alpha value is -3.86. The Morgan fingerprint density at radius 3 is 2.62 bits per heavy atom. The third-order valence-electron chi connectivity index (χ3n) is 4.64. The summed E-state index contributed by atoms with van der Waals surface area (Å²) in [6, 6.07) is 10.8. The molecule has 0 aliphatic heterocycles. The number of benzene rings is 2. The third-order valence-corrected chi connectivity index (χ3v) is 5.60. The van der Waals surface area contributed by atoms with E-state index in [1.165, 1.54) is 26.4 Å². The Labute approximate surface area is 200 Å². The minimum atomic E-state index is -0.511. The smallest absolute Gasteiger partial charge is 0.251 e. The highest BCUT2D eigenvalue weighted by Gasteiger charge is 2.16. The number of para-hydroxylation sites is 1. The molecule has 11 heteroatoms. The quantitative estimate of drug-likeness (QED) is 0.317. The normalized spacial score (nSPS) is 10.4. The van der Waals surface area contributed by atoms with E-state index >= 15 is 0 Å². The number of methoxy groups -OCH3 is 2. The first kappa shape index (κ1) is 24.8. The minimum absolute atomic E-state index is 0.00160. The van der Waals surface area contributed by atoms with Crippen LogP contribution < -0.4 is 20.1 Å². The van der Waals surface area contributed by atoms with E-state index in [2.05, 4.69) is 27.4 Å². The van der Waals surface area contributed by atoms with Gasteiger partial charge in [-0.2, -0.15) is 0 Å². The van der Waals surface area contributed by atoms with Crippen molar-refractivity contribution in [1.82, 2.24) is 20.1 Å². The van der Waals surface area contributed by atoms with E-state index < -0.39 is 5.82 Å². The van der Waals surface area contributed by atoms with Gasteiger partial charge in [0.15, 0.2) is 22.5 Å². The number of allylic oxidation sites excluding steroid dienone is 1. The molecule has 2 amide bonds. The highest BCUT2D eigenvalue weighted by molar-refractivity contribution is 7.99. The predicted octanol–water partition coefficient (Wildman–Crippen LogP) is 3.28. The van der Waals surface area contributed by atoms with Gasteiger partial charge in [0.2, 0.25) is 5.91 Å². The lowest BCUT2D eigenvalue weighted by Gasteiger charge is -2.11. The van der Waals surface area contributed by atoms with Crippen molar-refractivity contribution < 1.29 is 23.5 Å². The Morgan fingerprint density at radius 2 is 1.91 bits per heavy atom. The number of rotatable bonds is 11. The number of aromatic nitrogens is 3. The number of ether oxygens (including phenoxy) is 2. The summed E-state index contributed by atoms with van der Waals surface area (Å²) >= 11 is 1.14. The average Bonchev–Trinajstić information content (AvgIpc) is 3.23. The summed E-state index contributed by atoms with van der Waals surface area (Å²) in [6.45, 7) is 4.23. The summed E-state index contributed by atoms with van der Waals surface area (Å²) in [7, 11) is 3.01. The number of nitrogens with zero attached hydrogens (tertiary/aromatic N) is 3. The molecule has 3 rings (SSSR count). The van der Waals surface area contributed by atoms with Crippen LogP contribution in [0.4, 0.5) is 10.1 Å². The highest BCUT2D eigenvalue weighted by Crippen LogP contribution is 2.27. The van der Waals surface area contributed by atoms with Crippen molar-refractivity contribution >= 4 is 29.3 Å². The van der Waals surface area contributed by atoms with Crippen LogP contribution in [-0.4, -0.2) is 46.6 Å². The molecule has 9 nitrogen and oxygen atoms in total. The van der Waals surface area contributed by atoms with E-state index in [0.29, 0.717) is 34.6 Å². The summed E-state index contributed by atoms with van der Waals surface area (Å²) in [5.41, 5.74) is 0.506. The van der Waals surface area contributed by atoms with Crippen LogP contribution >= 0.6 is 11.8 Å². The number of hydrogen-bond donors (Lipinski definition) is 2. The minimum Gasteiger partial charge on any atom is -0.493 e. The number of amides is 2. The van der Waals surface area contributed by atoms with Crippen LogP contribution in [0.2, 0.25) is 0 Å². The van der Waals surface area contributed by atoms with E-state index in [4.69, 9.17) is 9.47 Å². The second-order valence-corrected chi connectivity index (χ2v) is 7.81. The number of halogens is 1. The summed E-state index contributed by atoms with van der Waals surface area (Å²) in [4.78, 5) is 24.8. The zero-order valence-corrected chi connectivity index (χ0v) is 19.5. The Bertz CT molecular complexity index is 1180. The zero-order chi connectivity index (χ0) is 24.5. The Balaban J connectivity index is 1.63. The second-order valence-electron chi connectivity index (χ2n) is 6.87. The van der Waals surface area contributed by atoms with Gasteiger partial charge < -0.3 is 24.7 Å². The predicted molar refractivity (Wildman–Crippen MR) is 127 cm³/mol. The van der Waals surface area contributed by atoms with Gasteiger partial charge >= 0.3 is 0 Å². The molecule has 3 aromatic rings. The molecular weight excluding hydrogens is 461 g/mol. The van der Waals surface area contributed by atoms with Crippen molar-refractivity contribution in [3.05, 3.63) is 72.3 Å². The van der Waals surface area contributed by atoms with Crippen LogP contribution in [-0.2, 0) is 17.9 Å². The maximum Gasteiger partial charge on any atom is 0.251 e. The maximum absolute atomic E-state index is 13.7. The lowest BCUT2D eigenvalue weighted by molar-refractivity contribution is -0.113. The van der Waals surface area contributed by atoms with E-state index in [1.54, 1.807) is 41.0 Å². The van der Waals surface area contributed by atoms with Gasteiger partial charge in [0.1, 0.15) is 5.82 Å². The van der Waals surface area contributed by atoms with Crippen molar-refractivity contribution in [2.75, 3.05) is 25.3 Å². The molecule has 0 saturated heterocycles. The molecule has 1 aromatic heterocycles. The maximum atomic E-state index is 13.7. The van der Waals surface area contributed by atoms with Crippen LogP contribution in [0.3, 0.4) is 0 Å². The van der Waals surface area contributed by atoms with Gasteiger partial charge in [-0.05, 0) is 30.3 Å². The lowest BCUT2D eigenvalue weighted by Crippen LogP contribution is -2.25. The van der Waals surface area contributed by atoms with E-state index in [9.17, 15) is 14.0 Å². The van der Waals surface area contributed by atoms with Gasteiger partial charge in [-0.3, -0.25) is 9.59 Å². The monoisotopic (exact) mass is 485 g/mol. The van der Waals surface area contributed by atoms with Crippen molar-refractivity contribution in [3.8, 4) is 11.5 Å². The van der Waals surface area contributed by atoms with Crippen LogP contribution in [0.1, 0.15) is 16.2 Å². The fourth-order valence-electron chi connectivity index (χ4n) is 2.99. The number of hydrogen-bond acceptors (Lipinski definition) is 7. The van der Waals surface area contributed by atoms with Crippen molar-refractivity contribution in [3.63, 3.8) is 0 Å². The fourth-order valence-corrected chi connectivity index (χ4v) is 3.75. The molecule has 2 aromatic carbocycles. The standard InChI is InChI=1S/C23H24FN5O4S/c1-4-11-29-20(13-25-22(31)15-9-10-18(32-2)19(12-15)33-3)27-28-23(29)34-14-21(30)26-17-8-6-5-7-16(17)24/h4-10,12H,1,11,13-14H2,2-3H3,(H,25,31)(H,26,30). The molecule has 0 bridgehead atoms. The molecule has 34 heavy (non-hydrogen) atoms. The fraction of sp³-hybridized carbons (Fsp3) is 0.217. The molecule has 0 aliphatic rings. The first-order valence-electron chi connectivity index (χ1n) is 10.2. The molecule has 0 saturated carbocycles.